The minimum Gasteiger partial charge on any atom is -0.457 e. The molecule has 4 nitrogen and oxygen atoms in total. The number of nitrogens with two attached hydrogens (primary N) is 1. The summed E-state index contributed by atoms with van der Waals surface area (Å²) in [5.41, 5.74) is 1.94. The van der Waals surface area contributed by atoms with Gasteiger partial charge in [0.05, 0.1) is 4.90 Å². The molecule has 2 aromatic rings. The van der Waals surface area contributed by atoms with E-state index in [1.807, 2.05) is 31.2 Å². The van der Waals surface area contributed by atoms with Gasteiger partial charge >= 0.3 is 0 Å². The van der Waals surface area contributed by atoms with Crippen LogP contribution in [-0.2, 0) is 16.4 Å². The molecule has 22 heavy (non-hydrogen) atoms. The molecule has 5 heteroatoms. The van der Waals surface area contributed by atoms with Crippen molar-refractivity contribution in [2.24, 2.45) is 11.1 Å². The van der Waals surface area contributed by atoms with Crippen LogP contribution in [0.5, 0.6) is 11.5 Å². The summed E-state index contributed by atoms with van der Waals surface area (Å²) in [6.07, 6.45) is 0.713. The van der Waals surface area contributed by atoms with Gasteiger partial charge < -0.3 is 4.74 Å². The van der Waals surface area contributed by atoms with Crippen molar-refractivity contribution < 1.29 is 13.2 Å². The molecule has 0 amide bonds. The van der Waals surface area contributed by atoms with Gasteiger partial charge in [-0.15, -0.1) is 0 Å². The molecule has 0 aliphatic heterocycles. The Balaban J connectivity index is 2.41. The normalized spacial score (nSPS) is 11.7. The summed E-state index contributed by atoms with van der Waals surface area (Å²) in [6, 6.07) is 12.5. The first-order valence-corrected chi connectivity index (χ1v) is 8.70. The Morgan fingerprint density at radius 2 is 1.86 bits per heavy atom. The van der Waals surface area contributed by atoms with E-state index in [0.717, 1.165) is 16.9 Å². The Kier molecular flexibility index (Phi) is 4.88. The van der Waals surface area contributed by atoms with Gasteiger partial charge in [0.15, 0.2) is 0 Å². The van der Waals surface area contributed by atoms with E-state index in [-0.39, 0.29) is 4.90 Å². The standard InChI is InChI=1S/C17H21NO3S/c1-12(2)9-14-11-16(22(18,19)20)7-8-17(14)21-15-6-4-5-13(3)10-15/h4-8,10-12H,9H2,1-3H3,(H2,18,19,20). The van der Waals surface area contributed by atoms with E-state index in [2.05, 4.69) is 13.8 Å². The number of hydrogen-bond acceptors (Lipinski definition) is 3. The molecule has 0 aromatic heterocycles. The maximum Gasteiger partial charge on any atom is 0.238 e. The molecule has 0 saturated carbocycles. The predicted molar refractivity (Wildman–Crippen MR) is 87.6 cm³/mol. The van der Waals surface area contributed by atoms with Crippen LogP contribution < -0.4 is 9.88 Å². The highest BCUT2D eigenvalue weighted by molar-refractivity contribution is 7.89. The van der Waals surface area contributed by atoms with Gasteiger partial charge in [-0.3, -0.25) is 0 Å². The van der Waals surface area contributed by atoms with Crippen molar-refractivity contribution in [3.05, 3.63) is 53.6 Å². The van der Waals surface area contributed by atoms with E-state index < -0.39 is 10.0 Å². The molecule has 0 heterocycles. The number of aryl methyl sites for hydroxylation is 1. The van der Waals surface area contributed by atoms with Gasteiger partial charge in [-0.2, -0.15) is 0 Å². The minimum absolute atomic E-state index is 0.111. The highest BCUT2D eigenvalue weighted by Crippen LogP contribution is 2.29. The second kappa shape index (κ2) is 6.50. The van der Waals surface area contributed by atoms with Crippen LogP contribution in [-0.4, -0.2) is 8.42 Å². The first-order chi connectivity index (χ1) is 10.3. The Morgan fingerprint density at radius 3 is 2.45 bits per heavy atom. The third kappa shape index (κ3) is 4.32. The molecular weight excluding hydrogens is 298 g/mol. The highest BCUT2D eigenvalue weighted by Gasteiger charge is 2.14. The lowest BCUT2D eigenvalue weighted by Gasteiger charge is -2.14. The number of hydrogen-bond donors (Lipinski definition) is 1. The Morgan fingerprint density at radius 1 is 1.14 bits per heavy atom. The topological polar surface area (TPSA) is 69.4 Å². The molecule has 2 aromatic carbocycles. The molecule has 0 saturated heterocycles. The average molecular weight is 319 g/mol. The zero-order valence-corrected chi connectivity index (χ0v) is 13.9. The largest absolute Gasteiger partial charge is 0.457 e. The van der Waals surface area contributed by atoms with Crippen LogP contribution in [0, 0.1) is 12.8 Å². The summed E-state index contributed by atoms with van der Waals surface area (Å²) in [5.74, 6) is 1.76. The molecule has 0 bridgehead atoms. The summed E-state index contributed by atoms with van der Waals surface area (Å²) in [4.78, 5) is 0.111. The molecule has 2 N–H and O–H groups in total. The number of primary sulfonamides is 1. The van der Waals surface area contributed by atoms with Crippen LogP contribution in [0.25, 0.3) is 0 Å². The van der Waals surface area contributed by atoms with Crippen molar-refractivity contribution in [1.82, 2.24) is 0 Å². The molecule has 0 aliphatic carbocycles. The van der Waals surface area contributed by atoms with Gasteiger partial charge in [-0.05, 0) is 60.7 Å². The molecule has 118 valence electrons. The lowest BCUT2D eigenvalue weighted by atomic mass is 10.0. The van der Waals surface area contributed by atoms with Crippen LogP contribution >= 0.6 is 0 Å². The van der Waals surface area contributed by atoms with Crippen LogP contribution in [0.15, 0.2) is 47.4 Å². The molecule has 0 fully saturated rings. The predicted octanol–water partition coefficient (Wildman–Crippen LogP) is 3.63. The van der Waals surface area contributed by atoms with E-state index in [9.17, 15) is 8.42 Å². The van der Waals surface area contributed by atoms with E-state index in [1.54, 1.807) is 12.1 Å². The van der Waals surface area contributed by atoms with Crippen LogP contribution in [0.2, 0.25) is 0 Å². The highest BCUT2D eigenvalue weighted by atomic mass is 32.2. The summed E-state index contributed by atoms with van der Waals surface area (Å²) < 4.78 is 29.0. The second-order valence-electron chi connectivity index (χ2n) is 5.83. The number of benzene rings is 2. The maximum absolute atomic E-state index is 11.5. The van der Waals surface area contributed by atoms with Crippen molar-refractivity contribution in [3.8, 4) is 11.5 Å². The fraction of sp³-hybridized carbons (Fsp3) is 0.294. The first-order valence-electron chi connectivity index (χ1n) is 7.16. The zero-order chi connectivity index (χ0) is 16.3. The van der Waals surface area contributed by atoms with E-state index >= 15 is 0 Å². The van der Waals surface area contributed by atoms with Gasteiger partial charge in [0.25, 0.3) is 0 Å². The van der Waals surface area contributed by atoms with E-state index in [4.69, 9.17) is 9.88 Å². The monoisotopic (exact) mass is 319 g/mol. The van der Waals surface area contributed by atoms with Gasteiger partial charge in [0, 0.05) is 0 Å². The zero-order valence-electron chi connectivity index (χ0n) is 13.0. The Labute approximate surface area is 132 Å². The first kappa shape index (κ1) is 16.5. The average Bonchev–Trinajstić information content (AvgIpc) is 2.39. The van der Waals surface area contributed by atoms with Crippen LogP contribution in [0.4, 0.5) is 0 Å². The smallest absolute Gasteiger partial charge is 0.238 e. The summed E-state index contributed by atoms with van der Waals surface area (Å²) in [6.45, 7) is 6.13. The van der Waals surface area contributed by atoms with Gasteiger partial charge in [-0.1, -0.05) is 26.0 Å². The van der Waals surface area contributed by atoms with Crippen molar-refractivity contribution >= 4 is 10.0 Å². The van der Waals surface area contributed by atoms with Gasteiger partial charge in [-0.25, -0.2) is 13.6 Å². The van der Waals surface area contributed by atoms with E-state index in [1.165, 1.54) is 6.07 Å². The molecule has 0 unspecified atom stereocenters. The lowest BCUT2D eigenvalue weighted by Crippen LogP contribution is -2.13. The quantitative estimate of drug-likeness (QED) is 0.915. The van der Waals surface area contributed by atoms with Gasteiger partial charge in [0.2, 0.25) is 10.0 Å². The van der Waals surface area contributed by atoms with Crippen LogP contribution in [0.3, 0.4) is 0 Å². The SMILES string of the molecule is Cc1cccc(Oc2ccc(S(N)(=O)=O)cc2CC(C)C)c1. The fourth-order valence-electron chi connectivity index (χ4n) is 2.24. The van der Waals surface area contributed by atoms with E-state index in [0.29, 0.717) is 18.1 Å². The van der Waals surface area contributed by atoms with Crippen molar-refractivity contribution in [1.29, 1.82) is 0 Å². The van der Waals surface area contributed by atoms with Crippen LogP contribution in [0.1, 0.15) is 25.0 Å². The number of sulfonamides is 1. The molecular formula is C17H21NO3S. The Hall–Kier alpha value is -1.85. The third-order valence-corrected chi connectivity index (χ3v) is 4.12. The Bertz CT molecular complexity index is 767. The van der Waals surface area contributed by atoms with Crippen molar-refractivity contribution in [2.45, 2.75) is 32.1 Å². The molecule has 0 aliphatic rings. The van der Waals surface area contributed by atoms with Crippen molar-refractivity contribution in [3.63, 3.8) is 0 Å². The summed E-state index contributed by atoms with van der Waals surface area (Å²) in [7, 11) is -3.71. The number of rotatable bonds is 5. The number of ether oxygens (including phenoxy) is 1. The third-order valence-electron chi connectivity index (χ3n) is 3.21. The molecule has 0 spiro atoms. The minimum atomic E-state index is -3.71. The molecule has 0 radical (unpaired) electrons. The fourth-order valence-corrected chi connectivity index (χ4v) is 2.80. The summed E-state index contributed by atoms with van der Waals surface area (Å²) >= 11 is 0. The maximum atomic E-state index is 11.5. The lowest BCUT2D eigenvalue weighted by molar-refractivity contribution is 0.469. The molecule has 2 rings (SSSR count). The second-order valence-corrected chi connectivity index (χ2v) is 7.39. The summed E-state index contributed by atoms with van der Waals surface area (Å²) in [5, 5.41) is 5.21. The molecule has 0 atom stereocenters. The van der Waals surface area contributed by atoms with Crippen molar-refractivity contribution in [2.75, 3.05) is 0 Å². The van der Waals surface area contributed by atoms with Gasteiger partial charge in [0.1, 0.15) is 11.5 Å².